The Bertz CT molecular complexity index is 345. The maximum atomic E-state index is 11.0. The first-order valence-corrected chi connectivity index (χ1v) is 5.42. The number of hydrogen-bond donors (Lipinski definition) is 0. The molecule has 17 heavy (non-hydrogen) atoms. The molecule has 0 radical (unpaired) electrons. The Morgan fingerprint density at radius 3 is 2.18 bits per heavy atom. The predicted molar refractivity (Wildman–Crippen MR) is 61.8 cm³/mol. The maximum absolute atomic E-state index is 11.0. The summed E-state index contributed by atoms with van der Waals surface area (Å²) < 4.78 is 6.45. The minimum absolute atomic E-state index is 0.190. The van der Waals surface area contributed by atoms with Crippen molar-refractivity contribution < 1.29 is 23.9 Å². The van der Waals surface area contributed by atoms with E-state index < -0.39 is 21.7 Å². The van der Waals surface area contributed by atoms with E-state index in [0.29, 0.717) is 0 Å². The largest absolute Gasteiger partial charge is 0.462 e. The van der Waals surface area contributed by atoms with E-state index in [0.717, 1.165) is 0 Å². The van der Waals surface area contributed by atoms with Crippen LogP contribution in [-0.4, -0.2) is 28.3 Å². The molecule has 0 saturated carbocycles. The molecule has 0 aromatic rings. The number of carbonyl (C=O) groups is 3. The van der Waals surface area contributed by atoms with Crippen LogP contribution in [0.15, 0.2) is 12.2 Å². The van der Waals surface area contributed by atoms with Crippen molar-refractivity contribution >= 4 is 52.7 Å². The molecule has 0 heterocycles. The van der Waals surface area contributed by atoms with Crippen molar-refractivity contribution in [2.24, 2.45) is 0 Å². The zero-order chi connectivity index (χ0) is 13.6. The fourth-order valence-corrected chi connectivity index (χ4v) is 0.678. The number of halogens is 3. The number of alkyl halides is 3. The fourth-order valence-electron chi connectivity index (χ4n) is 0.563. The fraction of sp³-hybridized carbons (Fsp3) is 0.444. The average Bonchev–Trinajstić information content (AvgIpc) is 2.15. The first kappa shape index (κ1) is 16.2. The highest BCUT2D eigenvalue weighted by molar-refractivity contribution is 6.75. The molecule has 96 valence electrons. The normalized spacial score (nSPS) is 10.6. The lowest BCUT2D eigenvalue weighted by Gasteiger charge is -2.09. The van der Waals surface area contributed by atoms with Crippen LogP contribution < -0.4 is 0 Å². The van der Waals surface area contributed by atoms with E-state index >= 15 is 0 Å². The van der Waals surface area contributed by atoms with Crippen LogP contribution in [0.2, 0.25) is 0 Å². The van der Waals surface area contributed by atoms with E-state index in [9.17, 15) is 14.4 Å². The summed E-state index contributed by atoms with van der Waals surface area (Å²) in [6, 6.07) is 0. The first-order valence-electron chi connectivity index (χ1n) is 4.29. The molecule has 0 spiro atoms. The Balaban J connectivity index is 3.94. The van der Waals surface area contributed by atoms with Gasteiger partial charge < -0.3 is 9.47 Å². The average molecular weight is 304 g/mol. The number of hydrogen-bond acceptors (Lipinski definition) is 5. The molecule has 5 nitrogen and oxygen atoms in total. The van der Waals surface area contributed by atoms with E-state index in [1.807, 2.05) is 0 Å². The summed E-state index contributed by atoms with van der Waals surface area (Å²) in [4.78, 5) is 32.8. The third kappa shape index (κ3) is 7.20. The minimum atomic E-state index is -2.32. The Hall–Kier alpha value is -0.780. The lowest BCUT2D eigenvalue weighted by molar-refractivity contribution is -0.159. The van der Waals surface area contributed by atoms with Gasteiger partial charge in [-0.2, -0.15) is 0 Å². The smallest absolute Gasteiger partial charge is 0.366 e. The van der Waals surface area contributed by atoms with Crippen LogP contribution in [0.4, 0.5) is 0 Å². The lowest BCUT2D eigenvalue weighted by atomic mass is 10.4. The summed E-state index contributed by atoms with van der Waals surface area (Å²) in [5.74, 6) is -2.92. The van der Waals surface area contributed by atoms with Gasteiger partial charge in [-0.15, -0.1) is 0 Å². The monoisotopic (exact) mass is 302 g/mol. The molecular formula is C9H9Cl3O5. The molecule has 0 aliphatic rings. The zero-order valence-corrected chi connectivity index (χ0v) is 11.1. The van der Waals surface area contributed by atoms with Gasteiger partial charge in [0.1, 0.15) is 6.61 Å². The molecule has 0 aliphatic heterocycles. The van der Waals surface area contributed by atoms with E-state index in [1.165, 1.54) is 6.92 Å². The highest BCUT2D eigenvalue weighted by Crippen LogP contribution is 2.27. The summed E-state index contributed by atoms with van der Waals surface area (Å²) in [6.07, 6.45) is -0.328. The molecule has 0 aromatic heterocycles. The minimum Gasteiger partial charge on any atom is -0.462 e. The summed E-state index contributed by atoms with van der Waals surface area (Å²) in [5, 5.41) is 0. The van der Waals surface area contributed by atoms with E-state index in [1.54, 1.807) is 0 Å². The Kier molecular flexibility index (Phi) is 6.52. The predicted octanol–water partition coefficient (Wildman–Crippen LogP) is 1.94. The van der Waals surface area contributed by atoms with E-state index in [4.69, 9.17) is 34.8 Å². The van der Waals surface area contributed by atoms with Gasteiger partial charge in [-0.1, -0.05) is 41.4 Å². The van der Waals surface area contributed by atoms with Crippen LogP contribution in [0, 0.1) is 0 Å². The quantitative estimate of drug-likeness (QED) is 0.343. The first-order chi connectivity index (χ1) is 7.64. The third-order valence-electron chi connectivity index (χ3n) is 1.33. The Morgan fingerprint density at radius 2 is 1.76 bits per heavy atom. The van der Waals surface area contributed by atoms with E-state index in [-0.39, 0.29) is 18.6 Å². The van der Waals surface area contributed by atoms with E-state index in [2.05, 4.69) is 16.1 Å². The molecule has 0 unspecified atom stereocenters. The van der Waals surface area contributed by atoms with Gasteiger partial charge in [0.2, 0.25) is 0 Å². The van der Waals surface area contributed by atoms with Crippen LogP contribution in [0.5, 0.6) is 0 Å². The van der Waals surface area contributed by atoms with Crippen molar-refractivity contribution in [3.05, 3.63) is 12.2 Å². The van der Waals surface area contributed by atoms with Crippen LogP contribution in [0.1, 0.15) is 13.3 Å². The van der Waals surface area contributed by atoms with Gasteiger partial charge in [0, 0.05) is 5.57 Å². The third-order valence-corrected chi connectivity index (χ3v) is 1.79. The molecule has 8 heteroatoms. The maximum Gasteiger partial charge on any atom is 0.366 e. The Morgan fingerprint density at radius 1 is 1.24 bits per heavy atom. The second-order valence-corrected chi connectivity index (χ2v) is 5.21. The summed E-state index contributed by atoms with van der Waals surface area (Å²) in [5.41, 5.74) is 0.190. The van der Waals surface area contributed by atoms with Gasteiger partial charge in [-0.05, 0) is 6.92 Å². The van der Waals surface area contributed by atoms with Crippen molar-refractivity contribution in [3.63, 3.8) is 0 Å². The van der Waals surface area contributed by atoms with Gasteiger partial charge in [-0.25, -0.2) is 9.59 Å². The van der Waals surface area contributed by atoms with Gasteiger partial charge in [0.05, 0.1) is 6.42 Å². The van der Waals surface area contributed by atoms with Gasteiger partial charge in [0.15, 0.2) is 0 Å². The highest BCUT2D eigenvalue weighted by Gasteiger charge is 2.34. The van der Waals surface area contributed by atoms with Crippen LogP contribution in [0.25, 0.3) is 0 Å². The summed E-state index contributed by atoms with van der Waals surface area (Å²) >= 11 is 15.5. The summed E-state index contributed by atoms with van der Waals surface area (Å²) in [6.45, 7) is 4.54. The molecule has 0 N–H and O–H groups in total. The van der Waals surface area contributed by atoms with Crippen molar-refractivity contribution in [3.8, 4) is 0 Å². The number of ether oxygens (including phenoxy) is 2. The topological polar surface area (TPSA) is 69.7 Å². The number of carbonyl (C=O) groups excluding carboxylic acids is 3. The molecule has 0 amide bonds. The van der Waals surface area contributed by atoms with Crippen molar-refractivity contribution in [1.82, 2.24) is 0 Å². The molecular weight excluding hydrogens is 294 g/mol. The second kappa shape index (κ2) is 6.83. The molecule has 0 saturated heterocycles. The molecule has 0 atom stereocenters. The molecule has 0 aromatic carbocycles. The molecule has 0 aliphatic carbocycles. The SMILES string of the molecule is C=C(C)C(=O)OCCC(=O)OC(=O)C(Cl)(Cl)Cl. The van der Waals surface area contributed by atoms with Crippen LogP contribution in [-0.2, 0) is 23.9 Å². The van der Waals surface area contributed by atoms with Gasteiger partial charge in [0.25, 0.3) is 3.79 Å². The highest BCUT2D eigenvalue weighted by atomic mass is 35.6. The van der Waals surface area contributed by atoms with Crippen molar-refractivity contribution in [2.75, 3.05) is 6.61 Å². The van der Waals surface area contributed by atoms with Crippen molar-refractivity contribution in [1.29, 1.82) is 0 Å². The molecule has 0 fully saturated rings. The number of esters is 3. The zero-order valence-electron chi connectivity index (χ0n) is 8.80. The number of rotatable bonds is 4. The van der Waals surface area contributed by atoms with Crippen molar-refractivity contribution in [2.45, 2.75) is 17.1 Å². The molecule has 0 rings (SSSR count). The van der Waals surface area contributed by atoms with Crippen LogP contribution in [0.3, 0.4) is 0 Å². The molecule has 0 bridgehead atoms. The Labute approximate surface area is 113 Å². The summed E-state index contributed by atoms with van der Waals surface area (Å²) in [7, 11) is 0. The van der Waals surface area contributed by atoms with Crippen LogP contribution >= 0.6 is 34.8 Å². The second-order valence-electron chi connectivity index (χ2n) is 2.93. The van der Waals surface area contributed by atoms with Gasteiger partial charge in [-0.3, -0.25) is 4.79 Å². The van der Waals surface area contributed by atoms with Gasteiger partial charge >= 0.3 is 17.9 Å². The standard InChI is InChI=1S/C9H9Cl3O5/c1-5(2)7(14)16-4-3-6(13)17-8(15)9(10,11)12/h1,3-4H2,2H3. The lowest BCUT2D eigenvalue weighted by Crippen LogP contribution is -2.25.